The molecule has 1 N–H and O–H groups in total. The third kappa shape index (κ3) is 2.54. The van der Waals surface area contributed by atoms with Crippen molar-refractivity contribution in [3.8, 4) is 0 Å². The molecular formula is C10H14N2O2S. The summed E-state index contributed by atoms with van der Waals surface area (Å²) >= 11 is 0. The van der Waals surface area contributed by atoms with Crippen molar-refractivity contribution in [2.45, 2.75) is 11.3 Å². The van der Waals surface area contributed by atoms with Crippen LogP contribution in [0.1, 0.15) is 6.42 Å². The third-order valence-corrected chi connectivity index (χ3v) is 4.53. The number of hydrogen-bond acceptors (Lipinski definition) is 4. The zero-order valence-corrected chi connectivity index (χ0v) is 9.20. The molecule has 0 spiro atoms. The van der Waals surface area contributed by atoms with Crippen molar-refractivity contribution < 1.29 is 8.42 Å². The van der Waals surface area contributed by atoms with Crippen molar-refractivity contribution in [3.63, 3.8) is 0 Å². The largest absolute Gasteiger partial charge is 0.316 e. The number of aromatic nitrogens is 1. The molecule has 0 aromatic carbocycles. The van der Waals surface area contributed by atoms with Gasteiger partial charge in [0.15, 0.2) is 9.84 Å². The van der Waals surface area contributed by atoms with Crippen LogP contribution in [0.5, 0.6) is 0 Å². The quantitative estimate of drug-likeness (QED) is 0.813. The molecule has 0 radical (unpaired) electrons. The van der Waals surface area contributed by atoms with Crippen LogP contribution in [0.3, 0.4) is 0 Å². The van der Waals surface area contributed by atoms with Crippen molar-refractivity contribution >= 4 is 9.84 Å². The standard InChI is InChI=1S/C10H14N2O2S/c13-15(14,8-9-1-4-12-7-9)10-2-5-11-6-3-10/h2-3,5-6,9,12H,1,4,7-8H2/t9-/m1/s1. The van der Waals surface area contributed by atoms with E-state index in [4.69, 9.17) is 0 Å². The van der Waals surface area contributed by atoms with Crippen LogP contribution in [0.2, 0.25) is 0 Å². The van der Waals surface area contributed by atoms with Gasteiger partial charge >= 0.3 is 0 Å². The number of pyridine rings is 1. The molecule has 1 saturated heterocycles. The lowest BCUT2D eigenvalue weighted by atomic mass is 10.2. The molecule has 1 aliphatic heterocycles. The number of nitrogens with zero attached hydrogens (tertiary/aromatic N) is 1. The maximum absolute atomic E-state index is 11.9. The van der Waals surface area contributed by atoms with Crippen molar-refractivity contribution in [2.75, 3.05) is 18.8 Å². The van der Waals surface area contributed by atoms with E-state index in [0.29, 0.717) is 4.90 Å². The van der Waals surface area contributed by atoms with Crippen LogP contribution < -0.4 is 5.32 Å². The Hall–Kier alpha value is -0.940. The Morgan fingerprint density at radius 1 is 1.40 bits per heavy atom. The van der Waals surface area contributed by atoms with Gasteiger partial charge in [-0.05, 0) is 37.6 Å². The summed E-state index contributed by atoms with van der Waals surface area (Å²) < 4.78 is 23.9. The van der Waals surface area contributed by atoms with E-state index >= 15 is 0 Å². The molecule has 0 saturated carbocycles. The van der Waals surface area contributed by atoms with Crippen LogP contribution in [-0.4, -0.2) is 32.2 Å². The topological polar surface area (TPSA) is 59.1 Å². The summed E-state index contributed by atoms with van der Waals surface area (Å²) in [6, 6.07) is 3.11. The predicted molar refractivity (Wildman–Crippen MR) is 57.3 cm³/mol. The number of nitrogens with one attached hydrogen (secondary N) is 1. The highest BCUT2D eigenvalue weighted by Gasteiger charge is 2.23. The monoisotopic (exact) mass is 226 g/mol. The summed E-state index contributed by atoms with van der Waals surface area (Å²) in [5, 5.41) is 3.17. The molecule has 0 aliphatic carbocycles. The Bertz CT molecular complexity index is 410. The van der Waals surface area contributed by atoms with Crippen molar-refractivity contribution in [1.82, 2.24) is 10.3 Å². The van der Waals surface area contributed by atoms with Gasteiger partial charge in [0.1, 0.15) is 0 Å². The van der Waals surface area contributed by atoms with Gasteiger partial charge in [0.25, 0.3) is 0 Å². The van der Waals surface area contributed by atoms with E-state index in [0.717, 1.165) is 19.5 Å². The van der Waals surface area contributed by atoms with Gasteiger partial charge in [-0.3, -0.25) is 4.98 Å². The first-order valence-corrected chi connectivity index (χ1v) is 6.67. The third-order valence-electron chi connectivity index (χ3n) is 2.63. The molecule has 1 aliphatic rings. The summed E-state index contributed by atoms with van der Waals surface area (Å²) in [5.74, 6) is 0.493. The molecule has 0 unspecified atom stereocenters. The first-order chi connectivity index (χ1) is 7.18. The number of hydrogen-bond donors (Lipinski definition) is 1. The Balaban J connectivity index is 2.13. The van der Waals surface area contributed by atoms with Crippen LogP contribution in [0.25, 0.3) is 0 Å². The molecular weight excluding hydrogens is 212 g/mol. The minimum absolute atomic E-state index is 0.240. The molecule has 2 rings (SSSR count). The van der Waals surface area contributed by atoms with Gasteiger partial charge in [0.2, 0.25) is 0 Å². The van der Waals surface area contributed by atoms with Crippen LogP contribution in [0.4, 0.5) is 0 Å². The van der Waals surface area contributed by atoms with Crippen molar-refractivity contribution in [2.24, 2.45) is 5.92 Å². The molecule has 15 heavy (non-hydrogen) atoms. The van der Waals surface area contributed by atoms with Gasteiger partial charge < -0.3 is 5.32 Å². The normalized spacial score (nSPS) is 21.7. The highest BCUT2D eigenvalue weighted by molar-refractivity contribution is 7.91. The van der Waals surface area contributed by atoms with Gasteiger partial charge in [-0.1, -0.05) is 0 Å². The average Bonchev–Trinajstić information content (AvgIpc) is 2.71. The Morgan fingerprint density at radius 2 is 2.13 bits per heavy atom. The van der Waals surface area contributed by atoms with E-state index in [1.165, 1.54) is 12.4 Å². The van der Waals surface area contributed by atoms with E-state index in [2.05, 4.69) is 10.3 Å². The van der Waals surface area contributed by atoms with Crippen LogP contribution in [0, 0.1) is 5.92 Å². The maximum Gasteiger partial charge on any atom is 0.178 e. The molecule has 0 amide bonds. The van der Waals surface area contributed by atoms with Crippen molar-refractivity contribution in [1.29, 1.82) is 0 Å². The molecule has 1 atom stereocenters. The zero-order chi connectivity index (χ0) is 10.7. The summed E-state index contributed by atoms with van der Waals surface area (Å²) in [4.78, 5) is 4.19. The molecule has 1 aromatic rings. The Kier molecular flexibility index (Phi) is 3.02. The smallest absolute Gasteiger partial charge is 0.178 e. The Labute approximate surface area is 89.6 Å². The second-order valence-corrected chi connectivity index (χ2v) is 5.86. The molecule has 0 bridgehead atoms. The first-order valence-electron chi connectivity index (χ1n) is 5.02. The zero-order valence-electron chi connectivity index (χ0n) is 8.39. The van der Waals surface area contributed by atoms with E-state index in [1.807, 2.05) is 0 Å². The Morgan fingerprint density at radius 3 is 2.73 bits per heavy atom. The lowest BCUT2D eigenvalue weighted by Gasteiger charge is -2.08. The van der Waals surface area contributed by atoms with E-state index in [1.54, 1.807) is 12.1 Å². The molecule has 5 heteroatoms. The number of sulfone groups is 1. The summed E-state index contributed by atoms with van der Waals surface area (Å²) in [5.41, 5.74) is 0. The summed E-state index contributed by atoms with van der Waals surface area (Å²) in [6.45, 7) is 1.74. The molecule has 1 fully saturated rings. The van der Waals surface area contributed by atoms with E-state index in [9.17, 15) is 8.42 Å². The fraction of sp³-hybridized carbons (Fsp3) is 0.500. The SMILES string of the molecule is O=S(=O)(C[C@@H]1CCNC1)c1ccncc1. The second-order valence-electron chi connectivity index (χ2n) is 3.82. The van der Waals surface area contributed by atoms with Crippen LogP contribution in [0.15, 0.2) is 29.4 Å². The van der Waals surface area contributed by atoms with Crippen LogP contribution in [-0.2, 0) is 9.84 Å². The first kappa shape index (κ1) is 10.6. The van der Waals surface area contributed by atoms with E-state index in [-0.39, 0.29) is 11.7 Å². The highest BCUT2D eigenvalue weighted by Crippen LogP contribution is 2.16. The van der Waals surface area contributed by atoms with Gasteiger partial charge in [0, 0.05) is 12.4 Å². The maximum atomic E-state index is 11.9. The minimum Gasteiger partial charge on any atom is -0.316 e. The van der Waals surface area contributed by atoms with Gasteiger partial charge in [0.05, 0.1) is 10.6 Å². The van der Waals surface area contributed by atoms with Crippen LogP contribution >= 0.6 is 0 Å². The summed E-state index contributed by atoms with van der Waals surface area (Å²) in [6.07, 6.45) is 3.98. The van der Waals surface area contributed by atoms with Gasteiger partial charge in [-0.2, -0.15) is 0 Å². The molecule has 82 valence electrons. The summed E-state index contributed by atoms with van der Waals surface area (Å²) in [7, 11) is -3.12. The number of rotatable bonds is 3. The second kappa shape index (κ2) is 4.28. The molecule has 1 aromatic heterocycles. The lowest BCUT2D eigenvalue weighted by molar-refractivity contribution is 0.570. The fourth-order valence-corrected chi connectivity index (χ4v) is 3.44. The van der Waals surface area contributed by atoms with Gasteiger partial charge in [-0.25, -0.2) is 8.42 Å². The molecule has 2 heterocycles. The van der Waals surface area contributed by atoms with Gasteiger partial charge in [-0.15, -0.1) is 0 Å². The predicted octanol–water partition coefficient (Wildman–Crippen LogP) is 0.465. The fourth-order valence-electron chi connectivity index (χ4n) is 1.81. The van der Waals surface area contributed by atoms with Crippen molar-refractivity contribution in [3.05, 3.63) is 24.5 Å². The molecule has 4 nitrogen and oxygen atoms in total. The lowest BCUT2D eigenvalue weighted by Crippen LogP contribution is -2.18. The highest BCUT2D eigenvalue weighted by atomic mass is 32.2. The van der Waals surface area contributed by atoms with E-state index < -0.39 is 9.84 Å². The average molecular weight is 226 g/mol. The minimum atomic E-state index is -3.12.